The highest BCUT2D eigenvalue weighted by Gasteiger charge is 2.28. The summed E-state index contributed by atoms with van der Waals surface area (Å²) in [7, 11) is 0. The van der Waals surface area contributed by atoms with Crippen LogP contribution in [0.1, 0.15) is 38.3 Å². The lowest BCUT2D eigenvalue weighted by Gasteiger charge is -2.21. The van der Waals surface area contributed by atoms with Gasteiger partial charge in [0.15, 0.2) is 0 Å². The third-order valence-corrected chi connectivity index (χ3v) is 3.60. The molecule has 1 aliphatic rings. The van der Waals surface area contributed by atoms with Gasteiger partial charge in [-0.05, 0) is 50.3 Å². The molecule has 0 spiro atoms. The van der Waals surface area contributed by atoms with Crippen molar-refractivity contribution in [3.05, 3.63) is 34.6 Å². The lowest BCUT2D eigenvalue weighted by Crippen LogP contribution is -2.30. The van der Waals surface area contributed by atoms with Crippen molar-refractivity contribution < 1.29 is 4.39 Å². The largest absolute Gasteiger partial charge is 0.307 e. The Morgan fingerprint density at radius 2 is 2.06 bits per heavy atom. The Balaban J connectivity index is 2.04. The summed E-state index contributed by atoms with van der Waals surface area (Å²) < 4.78 is 12.9. The maximum atomic E-state index is 12.9. The topological polar surface area (TPSA) is 12.0 Å². The number of rotatable bonds is 4. The first-order valence-corrected chi connectivity index (χ1v) is 6.16. The molecular formula is C13H17ClFN. The Kier molecular flexibility index (Phi) is 3.50. The predicted molar refractivity (Wildman–Crippen MR) is 65.1 cm³/mol. The lowest BCUT2D eigenvalue weighted by molar-refractivity contribution is 0.441. The maximum absolute atomic E-state index is 12.9. The van der Waals surface area contributed by atoms with Crippen molar-refractivity contribution in [3.8, 4) is 0 Å². The highest BCUT2D eigenvalue weighted by molar-refractivity contribution is 6.31. The minimum atomic E-state index is -0.281. The van der Waals surface area contributed by atoms with Crippen LogP contribution in [0.5, 0.6) is 0 Å². The number of nitrogens with one attached hydrogen (secondary N) is 1. The van der Waals surface area contributed by atoms with E-state index in [9.17, 15) is 4.39 Å². The molecule has 0 bridgehead atoms. The van der Waals surface area contributed by atoms with E-state index in [-0.39, 0.29) is 11.9 Å². The monoisotopic (exact) mass is 241 g/mol. The molecule has 2 rings (SSSR count). The average Bonchev–Trinajstić information content (AvgIpc) is 2.99. The number of halogens is 2. The number of hydrogen-bond acceptors (Lipinski definition) is 1. The van der Waals surface area contributed by atoms with Gasteiger partial charge in [-0.25, -0.2) is 4.39 Å². The van der Waals surface area contributed by atoms with E-state index < -0.39 is 0 Å². The zero-order valence-corrected chi connectivity index (χ0v) is 10.4. The fraction of sp³-hybridized carbons (Fsp3) is 0.538. The summed E-state index contributed by atoms with van der Waals surface area (Å²) in [6, 6.07) is 5.27. The van der Waals surface area contributed by atoms with E-state index in [2.05, 4.69) is 19.2 Å². The quantitative estimate of drug-likeness (QED) is 0.842. The van der Waals surface area contributed by atoms with E-state index in [1.807, 2.05) is 0 Å². The van der Waals surface area contributed by atoms with Crippen molar-refractivity contribution in [1.29, 1.82) is 0 Å². The molecular weight excluding hydrogens is 225 g/mol. The molecule has 0 saturated heterocycles. The molecule has 1 aromatic rings. The molecule has 3 heteroatoms. The van der Waals surface area contributed by atoms with Crippen LogP contribution in [0.2, 0.25) is 5.02 Å². The van der Waals surface area contributed by atoms with Gasteiger partial charge in [0, 0.05) is 17.1 Å². The van der Waals surface area contributed by atoms with Gasteiger partial charge in [0.2, 0.25) is 0 Å². The number of benzene rings is 1. The first kappa shape index (κ1) is 11.9. The molecule has 1 nitrogen and oxygen atoms in total. The molecule has 0 heterocycles. The molecule has 1 N–H and O–H groups in total. The minimum Gasteiger partial charge on any atom is -0.307 e. The number of hydrogen-bond donors (Lipinski definition) is 1. The van der Waals surface area contributed by atoms with E-state index in [0.29, 0.717) is 11.1 Å². The van der Waals surface area contributed by atoms with E-state index in [0.717, 1.165) is 11.5 Å². The smallest absolute Gasteiger partial charge is 0.124 e. The summed E-state index contributed by atoms with van der Waals surface area (Å²) in [6.45, 7) is 4.27. The van der Waals surface area contributed by atoms with Gasteiger partial charge < -0.3 is 5.32 Å². The molecule has 0 amide bonds. The predicted octanol–water partition coefficient (Wildman–Crippen LogP) is 3.93. The average molecular weight is 242 g/mol. The Bertz CT molecular complexity index is 376. The van der Waals surface area contributed by atoms with Crippen LogP contribution in [-0.2, 0) is 0 Å². The zero-order chi connectivity index (χ0) is 11.7. The van der Waals surface area contributed by atoms with Gasteiger partial charge in [-0.3, -0.25) is 0 Å². The van der Waals surface area contributed by atoms with E-state index in [1.54, 1.807) is 6.07 Å². The summed E-state index contributed by atoms with van der Waals surface area (Å²) in [4.78, 5) is 0. The molecule has 0 radical (unpaired) electrons. The van der Waals surface area contributed by atoms with Crippen LogP contribution >= 0.6 is 11.6 Å². The molecule has 2 atom stereocenters. The highest BCUT2D eigenvalue weighted by atomic mass is 35.5. The van der Waals surface area contributed by atoms with Gasteiger partial charge in [-0.15, -0.1) is 0 Å². The molecule has 88 valence electrons. The normalized spacial score (nSPS) is 19.5. The van der Waals surface area contributed by atoms with E-state index >= 15 is 0 Å². The molecule has 1 fully saturated rings. The molecule has 16 heavy (non-hydrogen) atoms. The van der Waals surface area contributed by atoms with Crippen molar-refractivity contribution in [3.63, 3.8) is 0 Å². The minimum absolute atomic E-state index is 0.170. The van der Waals surface area contributed by atoms with Gasteiger partial charge in [-0.2, -0.15) is 0 Å². The first-order valence-electron chi connectivity index (χ1n) is 5.79. The van der Waals surface area contributed by atoms with Crippen molar-refractivity contribution in [1.82, 2.24) is 5.32 Å². The standard InChI is InChI=1S/C13H17ClFN/c1-8(10-3-4-10)16-9(2)12-6-5-11(15)7-13(12)14/h5-10,16H,3-4H2,1-2H3. The van der Waals surface area contributed by atoms with Crippen LogP contribution in [0.4, 0.5) is 4.39 Å². The van der Waals surface area contributed by atoms with Crippen LogP contribution in [0.15, 0.2) is 18.2 Å². The molecule has 1 saturated carbocycles. The summed E-state index contributed by atoms with van der Waals surface area (Å²) in [5.41, 5.74) is 0.968. The van der Waals surface area contributed by atoms with Gasteiger partial charge >= 0.3 is 0 Å². The second kappa shape index (κ2) is 4.72. The van der Waals surface area contributed by atoms with Gasteiger partial charge in [0.1, 0.15) is 5.82 Å². The van der Waals surface area contributed by atoms with Crippen molar-refractivity contribution in [2.75, 3.05) is 0 Å². The zero-order valence-electron chi connectivity index (χ0n) is 9.63. The van der Waals surface area contributed by atoms with Gasteiger partial charge in [0.05, 0.1) is 0 Å². The lowest BCUT2D eigenvalue weighted by atomic mass is 10.1. The molecule has 0 aromatic heterocycles. The highest BCUT2D eigenvalue weighted by Crippen LogP contribution is 2.34. The van der Waals surface area contributed by atoms with Crippen LogP contribution in [0.3, 0.4) is 0 Å². The van der Waals surface area contributed by atoms with Crippen LogP contribution < -0.4 is 5.32 Å². The molecule has 0 aliphatic heterocycles. The van der Waals surface area contributed by atoms with Crippen molar-refractivity contribution >= 4 is 11.6 Å². The maximum Gasteiger partial charge on any atom is 0.124 e. The van der Waals surface area contributed by atoms with Crippen LogP contribution in [0, 0.1) is 11.7 Å². The Labute approximate surface area is 101 Å². The molecule has 1 aliphatic carbocycles. The van der Waals surface area contributed by atoms with Gasteiger partial charge in [0.25, 0.3) is 0 Å². The fourth-order valence-corrected chi connectivity index (χ4v) is 2.40. The summed E-state index contributed by atoms with van der Waals surface area (Å²) in [5.74, 6) is 0.526. The Morgan fingerprint density at radius 3 is 2.62 bits per heavy atom. The second-order valence-electron chi connectivity index (χ2n) is 4.68. The Hall–Kier alpha value is -0.600. The molecule has 1 aromatic carbocycles. The third-order valence-electron chi connectivity index (χ3n) is 3.27. The first-order chi connectivity index (χ1) is 7.58. The third kappa shape index (κ3) is 2.74. The van der Waals surface area contributed by atoms with Crippen LogP contribution in [-0.4, -0.2) is 6.04 Å². The Morgan fingerprint density at radius 1 is 1.38 bits per heavy atom. The SMILES string of the molecule is CC(NC(C)C1CC1)c1ccc(F)cc1Cl. The van der Waals surface area contributed by atoms with E-state index in [4.69, 9.17) is 11.6 Å². The fourth-order valence-electron chi connectivity index (χ4n) is 2.07. The summed E-state index contributed by atoms with van der Waals surface area (Å²) >= 11 is 6.02. The molecule has 2 unspecified atom stereocenters. The van der Waals surface area contributed by atoms with Gasteiger partial charge in [-0.1, -0.05) is 17.7 Å². The van der Waals surface area contributed by atoms with Crippen molar-refractivity contribution in [2.24, 2.45) is 5.92 Å². The van der Waals surface area contributed by atoms with Crippen LogP contribution in [0.25, 0.3) is 0 Å². The second-order valence-corrected chi connectivity index (χ2v) is 5.09. The summed E-state index contributed by atoms with van der Waals surface area (Å²) in [5, 5.41) is 4.01. The van der Waals surface area contributed by atoms with Crippen molar-refractivity contribution in [2.45, 2.75) is 38.8 Å². The summed E-state index contributed by atoms with van der Waals surface area (Å²) in [6.07, 6.45) is 2.63. The van der Waals surface area contributed by atoms with E-state index in [1.165, 1.54) is 25.0 Å².